The van der Waals surface area contributed by atoms with Crippen LogP contribution in [-0.4, -0.2) is 21.7 Å². The Kier molecular flexibility index (Phi) is 4.96. The number of nitrogens with zero attached hydrogens (tertiary/aromatic N) is 2. The van der Waals surface area contributed by atoms with E-state index in [-0.39, 0.29) is 17.5 Å². The van der Waals surface area contributed by atoms with E-state index in [2.05, 4.69) is 24.3 Å². The molecule has 0 spiro atoms. The Labute approximate surface area is 130 Å². The number of aromatic nitrogens is 2. The van der Waals surface area contributed by atoms with Gasteiger partial charge in [-0.2, -0.15) is 5.10 Å². The molecule has 1 heterocycles. The van der Waals surface area contributed by atoms with Gasteiger partial charge in [0, 0.05) is 18.0 Å². The van der Waals surface area contributed by atoms with Crippen LogP contribution in [0, 0.1) is 5.92 Å². The van der Waals surface area contributed by atoms with E-state index >= 15 is 0 Å². The quantitative estimate of drug-likeness (QED) is 0.923. The number of fused-ring (bicyclic) bond motifs is 1. The van der Waals surface area contributed by atoms with Gasteiger partial charge in [-0.3, -0.25) is 9.59 Å². The van der Waals surface area contributed by atoms with E-state index in [4.69, 9.17) is 0 Å². The van der Waals surface area contributed by atoms with Crippen LogP contribution in [0.2, 0.25) is 0 Å². The summed E-state index contributed by atoms with van der Waals surface area (Å²) in [5.74, 6) is 0.151. The van der Waals surface area contributed by atoms with Crippen molar-refractivity contribution in [1.29, 1.82) is 0 Å². The Hall–Kier alpha value is -2.17. The van der Waals surface area contributed by atoms with Gasteiger partial charge in [-0.05, 0) is 25.8 Å². The van der Waals surface area contributed by atoms with Gasteiger partial charge < -0.3 is 5.32 Å². The maximum atomic E-state index is 12.6. The maximum absolute atomic E-state index is 12.6. The topological polar surface area (TPSA) is 64.0 Å². The van der Waals surface area contributed by atoms with Gasteiger partial charge in [-0.25, -0.2) is 4.68 Å². The normalized spacial score (nSPS) is 13.8. The van der Waals surface area contributed by atoms with Crippen molar-refractivity contribution in [3.8, 4) is 0 Å². The smallest absolute Gasteiger partial charge is 0.274 e. The van der Waals surface area contributed by atoms with Crippen LogP contribution in [0.25, 0.3) is 10.8 Å². The Bertz CT molecular complexity index is 736. The fourth-order valence-electron chi connectivity index (χ4n) is 2.39. The van der Waals surface area contributed by atoms with Gasteiger partial charge in [0.1, 0.15) is 0 Å². The predicted octanol–water partition coefficient (Wildman–Crippen LogP) is 2.58. The summed E-state index contributed by atoms with van der Waals surface area (Å²) in [6.45, 7) is 8.46. The van der Waals surface area contributed by atoms with Crippen LogP contribution in [0.3, 0.4) is 0 Å². The van der Waals surface area contributed by atoms with Gasteiger partial charge in [0.25, 0.3) is 11.5 Å². The SMILES string of the molecule is CCC(C)C(C)NC(=O)c1nn(CC)c(=O)c2ccccc12. The minimum absolute atomic E-state index is 0.0556. The van der Waals surface area contributed by atoms with Crippen molar-refractivity contribution in [2.24, 2.45) is 5.92 Å². The molecule has 0 fully saturated rings. The van der Waals surface area contributed by atoms with Crippen molar-refractivity contribution in [2.75, 3.05) is 0 Å². The van der Waals surface area contributed by atoms with Gasteiger partial charge in [-0.15, -0.1) is 0 Å². The minimum atomic E-state index is -0.230. The minimum Gasteiger partial charge on any atom is -0.348 e. The number of rotatable bonds is 5. The molecule has 5 heteroatoms. The Morgan fingerprint density at radius 1 is 1.23 bits per heavy atom. The standard InChI is InChI=1S/C17H23N3O2/c1-5-11(3)12(4)18-16(21)15-13-9-7-8-10-14(13)17(22)20(6-2)19-15/h7-12H,5-6H2,1-4H3,(H,18,21). The first-order valence-electron chi connectivity index (χ1n) is 7.80. The second-order valence-electron chi connectivity index (χ2n) is 5.66. The molecule has 1 aromatic carbocycles. The first-order valence-corrected chi connectivity index (χ1v) is 7.80. The summed E-state index contributed by atoms with van der Waals surface area (Å²) in [4.78, 5) is 24.9. The fourth-order valence-corrected chi connectivity index (χ4v) is 2.39. The molecule has 0 bridgehead atoms. The zero-order valence-electron chi connectivity index (χ0n) is 13.6. The molecule has 0 aliphatic rings. The zero-order chi connectivity index (χ0) is 16.3. The molecule has 2 aromatic rings. The third kappa shape index (κ3) is 3.03. The summed E-state index contributed by atoms with van der Waals surface area (Å²) in [7, 11) is 0. The van der Waals surface area contributed by atoms with Crippen LogP contribution in [-0.2, 0) is 6.54 Å². The largest absolute Gasteiger partial charge is 0.348 e. The van der Waals surface area contributed by atoms with Gasteiger partial charge in [0.15, 0.2) is 5.69 Å². The molecule has 5 nitrogen and oxygen atoms in total. The number of benzene rings is 1. The van der Waals surface area contributed by atoms with E-state index in [1.54, 1.807) is 18.2 Å². The highest BCUT2D eigenvalue weighted by Gasteiger charge is 2.19. The van der Waals surface area contributed by atoms with E-state index in [0.717, 1.165) is 6.42 Å². The molecule has 1 amide bonds. The lowest BCUT2D eigenvalue weighted by Crippen LogP contribution is -2.38. The van der Waals surface area contributed by atoms with Crippen LogP contribution < -0.4 is 10.9 Å². The van der Waals surface area contributed by atoms with Crippen molar-refractivity contribution in [3.05, 3.63) is 40.3 Å². The summed E-state index contributed by atoms with van der Waals surface area (Å²) < 4.78 is 1.34. The molecule has 0 aliphatic carbocycles. The van der Waals surface area contributed by atoms with E-state index in [1.165, 1.54) is 4.68 Å². The molecule has 0 saturated heterocycles. The first-order chi connectivity index (χ1) is 10.5. The van der Waals surface area contributed by atoms with Crippen LogP contribution in [0.1, 0.15) is 44.6 Å². The van der Waals surface area contributed by atoms with Crippen molar-refractivity contribution in [1.82, 2.24) is 15.1 Å². The molecular weight excluding hydrogens is 278 g/mol. The molecule has 0 radical (unpaired) electrons. The molecule has 0 aliphatic heterocycles. The van der Waals surface area contributed by atoms with Crippen molar-refractivity contribution >= 4 is 16.7 Å². The van der Waals surface area contributed by atoms with Gasteiger partial charge in [0.2, 0.25) is 0 Å². The molecule has 1 aromatic heterocycles. The molecule has 118 valence electrons. The average Bonchev–Trinajstić information content (AvgIpc) is 2.54. The second kappa shape index (κ2) is 6.73. The summed E-state index contributed by atoms with van der Waals surface area (Å²) >= 11 is 0. The highest BCUT2D eigenvalue weighted by molar-refractivity contribution is 6.04. The number of carbonyl (C=O) groups is 1. The molecule has 1 N–H and O–H groups in total. The van der Waals surface area contributed by atoms with Gasteiger partial charge >= 0.3 is 0 Å². The van der Waals surface area contributed by atoms with Crippen molar-refractivity contribution < 1.29 is 4.79 Å². The zero-order valence-corrected chi connectivity index (χ0v) is 13.6. The van der Waals surface area contributed by atoms with Gasteiger partial charge in [0.05, 0.1) is 5.39 Å². The lowest BCUT2D eigenvalue weighted by molar-refractivity contribution is 0.0922. The van der Waals surface area contributed by atoms with Crippen LogP contribution in [0.15, 0.2) is 29.1 Å². The van der Waals surface area contributed by atoms with Crippen LogP contribution in [0.5, 0.6) is 0 Å². The van der Waals surface area contributed by atoms with Crippen LogP contribution >= 0.6 is 0 Å². The van der Waals surface area contributed by atoms with Crippen molar-refractivity contribution in [2.45, 2.75) is 46.7 Å². The summed E-state index contributed by atoms with van der Waals surface area (Å²) in [5.41, 5.74) is 0.150. The molecule has 0 saturated carbocycles. The number of amides is 1. The summed E-state index contributed by atoms with van der Waals surface area (Å²) in [6, 6.07) is 7.18. The lowest BCUT2D eigenvalue weighted by atomic mass is 10.0. The molecular formula is C17H23N3O2. The van der Waals surface area contributed by atoms with E-state index < -0.39 is 0 Å². The maximum Gasteiger partial charge on any atom is 0.274 e. The Morgan fingerprint density at radius 2 is 1.86 bits per heavy atom. The summed E-state index contributed by atoms with van der Waals surface area (Å²) in [5, 5.41) is 8.37. The van der Waals surface area contributed by atoms with E-state index in [0.29, 0.717) is 28.9 Å². The summed E-state index contributed by atoms with van der Waals surface area (Å²) in [6.07, 6.45) is 0.990. The van der Waals surface area contributed by atoms with E-state index in [9.17, 15) is 9.59 Å². The lowest BCUT2D eigenvalue weighted by Gasteiger charge is -2.20. The molecule has 22 heavy (non-hydrogen) atoms. The Balaban J connectivity index is 2.48. The van der Waals surface area contributed by atoms with Gasteiger partial charge in [-0.1, -0.05) is 38.5 Å². The number of hydrogen-bond acceptors (Lipinski definition) is 3. The number of aryl methyl sites for hydroxylation is 1. The van der Waals surface area contributed by atoms with Crippen molar-refractivity contribution in [3.63, 3.8) is 0 Å². The monoisotopic (exact) mass is 301 g/mol. The predicted molar refractivity (Wildman–Crippen MR) is 88.1 cm³/mol. The molecule has 2 atom stereocenters. The number of hydrogen-bond donors (Lipinski definition) is 1. The Morgan fingerprint density at radius 3 is 2.45 bits per heavy atom. The third-order valence-electron chi connectivity index (χ3n) is 4.24. The first kappa shape index (κ1) is 16.2. The molecule has 2 unspecified atom stereocenters. The van der Waals surface area contributed by atoms with Crippen LogP contribution in [0.4, 0.5) is 0 Å². The van der Waals surface area contributed by atoms with E-state index in [1.807, 2.05) is 19.9 Å². The highest BCUT2D eigenvalue weighted by atomic mass is 16.2. The molecule has 2 rings (SSSR count). The number of carbonyl (C=O) groups excluding carboxylic acids is 1. The fraction of sp³-hybridized carbons (Fsp3) is 0.471. The number of nitrogens with one attached hydrogen (secondary N) is 1. The average molecular weight is 301 g/mol. The third-order valence-corrected chi connectivity index (χ3v) is 4.24. The second-order valence-corrected chi connectivity index (χ2v) is 5.66. The highest BCUT2D eigenvalue weighted by Crippen LogP contribution is 2.14.